The Morgan fingerprint density at radius 1 is 1.07 bits per heavy atom. The summed E-state index contributed by atoms with van der Waals surface area (Å²) in [5.41, 5.74) is 5.19. The van der Waals surface area contributed by atoms with Crippen LogP contribution in [-0.4, -0.2) is 23.2 Å². The summed E-state index contributed by atoms with van der Waals surface area (Å²) in [5, 5.41) is 8.37. The van der Waals surface area contributed by atoms with Crippen molar-refractivity contribution in [2.45, 2.75) is 52.4 Å². The van der Waals surface area contributed by atoms with Gasteiger partial charge in [0, 0.05) is 4.88 Å². The molecule has 0 unspecified atom stereocenters. The van der Waals surface area contributed by atoms with Crippen LogP contribution in [0, 0.1) is 13.8 Å². The summed E-state index contributed by atoms with van der Waals surface area (Å²) in [6, 6.07) is 4.25. The van der Waals surface area contributed by atoms with E-state index in [0.717, 1.165) is 51.6 Å². The zero-order valence-electron chi connectivity index (χ0n) is 17.4. The van der Waals surface area contributed by atoms with Gasteiger partial charge in [-0.2, -0.15) is 0 Å². The van der Waals surface area contributed by atoms with Crippen LogP contribution in [0.4, 0.5) is 10.1 Å². The van der Waals surface area contributed by atoms with E-state index in [1.807, 2.05) is 0 Å². The van der Waals surface area contributed by atoms with Gasteiger partial charge in [0.2, 0.25) is 0 Å². The first-order valence-corrected chi connectivity index (χ1v) is 12.2. The smallest absolute Gasteiger partial charge is 0.341 e. The van der Waals surface area contributed by atoms with Crippen LogP contribution in [0.5, 0.6) is 0 Å². The van der Waals surface area contributed by atoms with E-state index in [-0.39, 0.29) is 5.97 Å². The molecule has 0 amide bonds. The van der Waals surface area contributed by atoms with Crippen LogP contribution >= 0.6 is 34.9 Å². The number of anilines is 2. The van der Waals surface area contributed by atoms with Crippen molar-refractivity contribution < 1.29 is 9.53 Å². The van der Waals surface area contributed by atoms with Crippen molar-refractivity contribution in [2.75, 3.05) is 17.7 Å². The first kappa shape index (κ1) is 21.2. The number of thiophene rings is 1. The van der Waals surface area contributed by atoms with Gasteiger partial charge in [0.1, 0.15) is 5.00 Å². The minimum atomic E-state index is -0.302. The largest absolute Gasteiger partial charge is 0.465 e. The Bertz CT molecular complexity index is 1080. The van der Waals surface area contributed by atoms with Gasteiger partial charge < -0.3 is 15.4 Å². The van der Waals surface area contributed by atoms with E-state index in [1.165, 1.54) is 36.0 Å². The lowest BCUT2D eigenvalue weighted by Crippen LogP contribution is -2.20. The molecule has 3 aromatic rings. The molecular formula is C22H25N3O2S3. The zero-order valence-corrected chi connectivity index (χ0v) is 19.8. The number of nitrogens with zero attached hydrogens (tertiary/aromatic N) is 1. The number of hydrogen-bond acceptors (Lipinski definition) is 6. The highest BCUT2D eigenvalue weighted by Crippen LogP contribution is 2.38. The second-order valence-corrected chi connectivity index (χ2v) is 10.2. The van der Waals surface area contributed by atoms with E-state index in [4.69, 9.17) is 17.0 Å². The molecule has 0 saturated heterocycles. The van der Waals surface area contributed by atoms with Crippen LogP contribution in [0.3, 0.4) is 0 Å². The zero-order chi connectivity index (χ0) is 21.3. The predicted octanol–water partition coefficient (Wildman–Crippen LogP) is 6.23. The molecule has 2 aromatic heterocycles. The molecule has 5 nitrogen and oxygen atoms in total. The maximum atomic E-state index is 12.6. The van der Waals surface area contributed by atoms with Gasteiger partial charge in [-0.25, -0.2) is 9.78 Å². The molecule has 8 heteroatoms. The minimum Gasteiger partial charge on any atom is -0.465 e. The normalized spacial score (nSPS) is 14.0. The second-order valence-electron chi connectivity index (χ2n) is 7.62. The summed E-state index contributed by atoms with van der Waals surface area (Å²) in [6.07, 6.45) is 6.61. The summed E-state index contributed by atoms with van der Waals surface area (Å²) in [6.45, 7) is 4.19. The van der Waals surface area contributed by atoms with E-state index in [1.54, 1.807) is 22.7 Å². The average Bonchev–Trinajstić information content (AvgIpc) is 3.21. The lowest BCUT2D eigenvalue weighted by molar-refractivity contribution is 0.0601. The van der Waals surface area contributed by atoms with Crippen molar-refractivity contribution >= 4 is 66.3 Å². The number of hydrogen-bond donors (Lipinski definition) is 2. The van der Waals surface area contributed by atoms with Crippen molar-refractivity contribution in [2.24, 2.45) is 0 Å². The standard InChI is InChI=1S/C22H25N3O2S3/c1-12-10-15-17(11-13(12)2)30-22(23-15)25-21(28)24-19-18(20(26)27-3)14-8-6-4-5-7-9-16(14)29-19/h10-11H,4-9H2,1-3H3,(H2,23,24,25,28). The molecule has 0 saturated carbocycles. The number of rotatable bonds is 3. The lowest BCUT2D eigenvalue weighted by Gasteiger charge is -2.11. The third-order valence-electron chi connectivity index (χ3n) is 5.51. The number of methoxy groups -OCH3 is 1. The SMILES string of the molecule is COC(=O)c1c(NC(=S)Nc2nc3cc(C)c(C)cc3s2)sc2c1CCCCCC2. The number of aryl methyl sites for hydroxylation is 3. The van der Waals surface area contributed by atoms with Crippen LogP contribution in [0.1, 0.15) is 57.6 Å². The van der Waals surface area contributed by atoms with Crippen LogP contribution < -0.4 is 10.6 Å². The number of thiazole rings is 1. The number of benzene rings is 1. The molecule has 1 aliphatic rings. The van der Waals surface area contributed by atoms with Gasteiger partial charge in [-0.05, 0) is 80.6 Å². The van der Waals surface area contributed by atoms with Gasteiger partial charge in [0.25, 0.3) is 0 Å². The Hall–Kier alpha value is -2.03. The third-order valence-corrected chi connectivity index (χ3v) is 7.86. The molecule has 0 spiro atoms. The quantitative estimate of drug-likeness (QED) is 0.358. The van der Waals surface area contributed by atoms with E-state index >= 15 is 0 Å². The molecule has 1 aliphatic carbocycles. The summed E-state index contributed by atoms with van der Waals surface area (Å²) < 4.78 is 6.21. The van der Waals surface area contributed by atoms with Gasteiger partial charge in [0.15, 0.2) is 10.2 Å². The Balaban J connectivity index is 1.58. The molecule has 0 bridgehead atoms. The Labute approximate surface area is 189 Å². The van der Waals surface area contributed by atoms with Gasteiger partial charge in [-0.1, -0.05) is 24.2 Å². The molecule has 0 aliphatic heterocycles. The molecule has 1 aromatic carbocycles. The van der Waals surface area contributed by atoms with Crippen molar-refractivity contribution in [1.29, 1.82) is 0 Å². The van der Waals surface area contributed by atoms with Crippen LogP contribution in [0.25, 0.3) is 10.2 Å². The fourth-order valence-corrected chi connectivity index (χ4v) is 6.35. The Kier molecular flexibility index (Phi) is 6.36. The Morgan fingerprint density at radius 2 is 1.80 bits per heavy atom. The fourth-order valence-electron chi connectivity index (χ4n) is 3.79. The maximum absolute atomic E-state index is 12.6. The highest BCUT2D eigenvalue weighted by Gasteiger charge is 2.25. The number of ether oxygens (including phenoxy) is 1. The van der Waals surface area contributed by atoms with E-state index < -0.39 is 0 Å². The van der Waals surface area contributed by atoms with Crippen LogP contribution in [0.15, 0.2) is 12.1 Å². The van der Waals surface area contributed by atoms with Gasteiger partial charge in [-0.15, -0.1) is 11.3 Å². The summed E-state index contributed by atoms with van der Waals surface area (Å²) >= 11 is 8.74. The van der Waals surface area contributed by atoms with Crippen LogP contribution in [0.2, 0.25) is 0 Å². The number of aromatic nitrogens is 1. The molecule has 0 radical (unpaired) electrons. The number of nitrogens with one attached hydrogen (secondary N) is 2. The van der Waals surface area contributed by atoms with Crippen molar-refractivity contribution in [1.82, 2.24) is 4.98 Å². The minimum absolute atomic E-state index is 0.302. The number of carbonyl (C=O) groups is 1. The first-order valence-electron chi connectivity index (χ1n) is 10.1. The fraction of sp³-hybridized carbons (Fsp3) is 0.409. The van der Waals surface area contributed by atoms with E-state index in [2.05, 4.69) is 41.6 Å². The molecule has 0 fully saturated rings. The predicted molar refractivity (Wildman–Crippen MR) is 130 cm³/mol. The highest BCUT2D eigenvalue weighted by atomic mass is 32.1. The number of carbonyl (C=O) groups excluding carboxylic acids is 1. The number of esters is 1. The number of fused-ring (bicyclic) bond motifs is 2. The first-order chi connectivity index (χ1) is 14.5. The molecule has 158 valence electrons. The van der Waals surface area contributed by atoms with Gasteiger partial charge in [-0.3, -0.25) is 0 Å². The Morgan fingerprint density at radius 3 is 2.57 bits per heavy atom. The maximum Gasteiger partial charge on any atom is 0.341 e. The van der Waals surface area contributed by atoms with Gasteiger partial charge >= 0.3 is 5.97 Å². The number of thiocarbonyl (C=S) groups is 1. The van der Waals surface area contributed by atoms with E-state index in [9.17, 15) is 4.79 Å². The summed E-state index contributed by atoms with van der Waals surface area (Å²) in [5.74, 6) is -0.302. The molecule has 2 N–H and O–H groups in total. The van der Waals surface area contributed by atoms with E-state index in [0.29, 0.717) is 10.7 Å². The second kappa shape index (κ2) is 8.99. The third kappa shape index (κ3) is 4.36. The summed E-state index contributed by atoms with van der Waals surface area (Å²) in [4.78, 5) is 18.5. The molecule has 30 heavy (non-hydrogen) atoms. The van der Waals surface area contributed by atoms with Crippen LogP contribution in [-0.2, 0) is 17.6 Å². The monoisotopic (exact) mass is 459 g/mol. The van der Waals surface area contributed by atoms with Crippen molar-refractivity contribution in [3.8, 4) is 0 Å². The average molecular weight is 460 g/mol. The highest BCUT2D eigenvalue weighted by molar-refractivity contribution is 7.80. The molecule has 2 heterocycles. The molecule has 4 rings (SSSR count). The lowest BCUT2D eigenvalue weighted by atomic mass is 9.96. The van der Waals surface area contributed by atoms with Crippen molar-refractivity contribution in [3.05, 3.63) is 39.3 Å². The molecular weight excluding hydrogens is 434 g/mol. The summed E-state index contributed by atoms with van der Waals surface area (Å²) in [7, 11) is 1.43. The van der Waals surface area contributed by atoms with Gasteiger partial charge in [0.05, 0.1) is 22.9 Å². The molecule has 0 atom stereocenters. The van der Waals surface area contributed by atoms with Crippen molar-refractivity contribution in [3.63, 3.8) is 0 Å². The topological polar surface area (TPSA) is 63.2 Å².